The van der Waals surface area contributed by atoms with Crippen molar-refractivity contribution in [2.24, 2.45) is 0 Å². The van der Waals surface area contributed by atoms with E-state index in [9.17, 15) is 19.2 Å². The minimum atomic E-state index is -1.09. The van der Waals surface area contributed by atoms with Gasteiger partial charge in [-0.1, -0.05) is 30.3 Å². The molecule has 0 bridgehead atoms. The number of fused-ring (bicyclic) bond motifs is 1. The average molecular weight is 589 g/mol. The van der Waals surface area contributed by atoms with Crippen molar-refractivity contribution in [2.45, 2.75) is 76.8 Å². The summed E-state index contributed by atoms with van der Waals surface area (Å²) in [6.45, 7) is 7.22. The molecule has 1 aromatic carbocycles. The lowest BCUT2D eigenvalue weighted by atomic mass is 10.0. The molecule has 3 saturated heterocycles. The molecular formula is C30H44N4O8. The van der Waals surface area contributed by atoms with Crippen LogP contribution in [0, 0.1) is 0 Å². The second kappa shape index (κ2) is 16.0. The molecule has 42 heavy (non-hydrogen) atoms. The summed E-state index contributed by atoms with van der Waals surface area (Å²) in [6.07, 6.45) is 2.40. The Labute approximate surface area is 247 Å². The van der Waals surface area contributed by atoms with Crippen LogP contribution in [0.5, 0.6) is 0 Å². The van der Waals surface area contributed by atoms with Gasteiger partial charge < -0.3 is 18.9 Å². The second-order valence-electron chi connectivity index (χ2n) is 10.9. The SMILES string of the molecule is CCOC(=O)C(CCc1ccccc1)NC1CCCN2CCCC(C(=O)OC(C)OC(=O)CN3CCOCC3)N2C1=O. The Bertz CT molecular complexity index is 1050. The van der Waals surface area contributed by atoms with Crippen molar-refractivity contribution >= 4 is 23.8 Å². The smallest absolute Gasteiger partial charge is 0.333 e. The minimum absolute atomic E-state index is 0.0896. The summed E-state index contributed by atoms with van der Waals surface area (Å²) in [6, 6.07) is 7.66. The fourth-order valence-corrected chi connectivity index (χ4v) is 5.68. The molecule has 3 aliphatic heterocycles. The van der Waals surface area contributed by atoms with Gasteiger partial charge in [-0.25, -0.2) is 9.80 Å². The Morgan fingerprint density at radius 1 is 1.02 bits per heavy atom. The van der Waals surface area contributed by atoms with Gasteiger partial charge in [-0.3, -0.25) is 29.6 Å². The van der Waals surface area contributed by atoms with E-state index in [1.54, 1.807) is 6.92 Å². The number of carbonyl (C=O) groups excluding carboxylic acids is 4. The van der Waals surface area contributed by atoms with Gasteiger partial charge in [0.2, 0.25) is 6.29 Å². The lowest BCUT2D eigenvalue weighted by molar-refractivity contribution is -0.199. The van der Waals surface area contributed by atoms with E-state index in [-0.39, 0.29) is 19.1 Å². The highest BCUT2D eigenvalue weighted by atomic mass is 16.7. The van der Waals surface area contributed by atoms with Crippen molar-refractivity contribution in [1.29, 1.82) is 0 Å². The Kier molecular flexibility index (Phi) is 12.1. The maximum absolute atomic E-state index is 13.9. The maximum atomic E-state index is 13.9. The normalized spacial score (nSPS) is 23.3. The number of nitrogens with zero attached hydrogens (tertiary/aromatic N) is 3. The predicted octanol–water partition coefficient (Wildman–Crippen LogP) is 1.28. The standard InChI is InChI=1S/C30H44N4O8/c1-3-40-29(37)25(14-13-23-9-5-4-6-10-23)31-24-11-7-15-33-16-8-12-26(34(33)28(24)36)30(38)42-22(2)41-27(35)21-32-17-19-39-20-18-32/h4-6,9-10,22,24-26,31H,3,7-8,11-21H2,1-2H3. The summed E-state index contributed by atoms with van der Waals surface area (Å²) >= 11 is 0. The van der Waals surface area contributed by atoms with E-state index in [2.05, 4.69) is 5.32 Å². The molecule has 3 fully saturated rings. The molecule has 1 aromatic rings. The highest BCUT2D eigenvalue weighted by Crippen LogP contribution is 2.26. The maximum Gasteiger partial charge on any atom is 0.333 e. The lowest BCUT2D eigenvalue weighted by Crippen LogP contribution is -2.62. The summed E-state index contributed by atoms with van der Waals surface area (Å²) in [5, 5.41) is 6.67. The molecule has 3 heterocycles. The van der Waals surface area contributed by atoms with Crippen LogP contribution in [0.4, 0.5) is 0 Å². The van der Waals surface area contributed by atoms with E-state index < -0.39 is 42.3 Å². The first-order chi connectivity index (χ1) is 20.4. The number of nitrogens with one attached hydrogen (secondary N) is 1. The number of aryl methyl sites for hydroxylation is 1. The first-order valence-electron chi connectivity index (χ1n) is 15.1. The number of benzene rings is 1. The van der Waals surface area contributed by atoms with Crippen molar-refractivity contribution in [3.05, 3.63) is 35.9 Å². The van der Waals surface area contributed by atoms with Gasteiger partial charge in [0.1, 0.15) is 12.1 Å². The predicted molar refractivity (Wildman–Crippen MR) is 152 cm³/mol. The highest BCUT2D eigenvalue weighted by Gasteiger charge is 2.43. The number of hydrogen-bond acceptors (Lipinski definition) is 11. The van der Waals surface area contributed by atoms with E-state index in [0.29, 0.717) is 71.5 Å². The zero-order chi connectivity index (χ0) is 29.9. The molecule has 4 unspecified atom stereocenters. The van der Waals surface area contributed by atoms with Crippen molar-refractivity contribution in [2.75, 3.05) is 52.5 Å². The molecule has 0 radical (unpaired) electrons. The van der Waals surface area contributed by atoms with Crippen molar-refractivity contribution in [1.82, 2.24) is 20.2 Å². The van der Waals surface area contributed by atoms with Crippen LogP contribution < -0.4 is 5.32 Å². The zero-order valence-corrected chi connectivity index (χ0v) is 24.7. The number of hydrogen-bond donors (Lipinski definition) is 1. The molecule has 0 aromatic heterocycles. The fourth-order valence-electron chi connectivity index (χ4n) is 5.68. The third-order valence-electron chi connectivity index (χ3n) is 7.77. The van der Waals surface area contributed by atoms with Crippen LogP contribution in [0.1, 0.15) is 51.5 Å². The first-order valence-corrected chi connectivity index (χ1v) is 15.1. The molecule has 1 amide bonds. The van der Waals surface area contributed by atoms with E-state index in [1.807, 2.05) is 40.2 Å². The Hall–Kier alpha value is -3.06. The van der Waals surface area contributed by atoms with Gasteiger partial charge in [0.25, 0.3) is 5.91 Å². The van der Waals surface area contributed by atoms with Gasteiger partial charge in [-0.15, -0.1) is 0 Å². The van der Waals surface area contributed by atoms with Crippen LogP contribution in [0.2, 0.25) is 0 Å². The number of rotatable bonds is 12. The third kappa shape index (κ3) is 8.97. The van der Waals surface area contributed by atoms with Crippen molar-refractivity contribution in [3.63, 3.8) is 0 Å². The number of hydrazine groups is 1. The topological polar surface area (TPSA) is 127 Å². The molecule has 3 aliphatic rings. The number of carbonyl (C=O) groups is 4. The number of ether oxygens (including phenoxy) is 4. The van der Waals surface area contributed by atoms with Crippen LogP contribution in [0.3, 0.4) is 0 Å². The summed E-state index contributed by atoms with van der Waals surface area (Å²) < 4.78 is 21.5. The monoisotopic (exact) mass is 588 g/mol. The molecule has 1 N–H and O–H groups in total. The van der Waals surface area contributed by atoms with E-state index in [1.165, 1.54) is 11.9 Å². The van der Waals surface area contributed by atoms with Crippen LogP contribution in [0.25, 0.3) is 0 Å². The van der Waals surface area contributed by atoms with E-state index >= 15 is 0 Å². The molecular weight excluding hydrogens is 544 g/mol. The van der Waals surface area contributed by atoms with E-state index in [0.717, 1.165) is 12.0 Å². The average Bonchev–Trinajstić information content (AvgIpc) is 3.14. The van der Waals surface area contributed by atoms with Crippen molar-refractivity contribution in [3.8, 4) is 0 Å². The van der Waals surface area contributed by atoms with Gasteiger partial charge in [-0.05, 0) is 51.0 Å². The first kappa shape index (κ1) is 31.9. The molecule has 232 valence electrons. The van der Waals surface area contributed by atoms with Gasteiger partial charge in [0.05, 0.1) is 32.4 Å². The number of morpholine rings is 1. The largest absolute Gasteiger partial charge is 0.465 e. The molecule has 4 rings (SSSR count). The van der Waals surface area contributed by atoms with E-state index in [4.69, 9.17) is 18.9 Å². The van der Waals surface area contributed by atoms with Crippen LogP contribution in [-0.2, 0) is 44.5 Å². The summed E-state index contributed by atoms with van der Waals surface area (Å²) in [7, 11) is 0. The summed E-state index contributed by atoms with van der Waals surface area (Å²) in [4.78, 5) is 54.4. The van der Waals surface area contributed by atoms with Gasteiger partial charge in [0, 0.05) is 33.1 Å². The Morgan fingerprint density at radius 3 is 2.45 bits per heavy atom. The van der Waals surface area contributed by atoms with Crippen molar-refractivity contribution < 1.29 is 38.1 Å². The minimum Gasteiger partial charge on any atom is -0.465 e. The molecule has 0 saturated carbocycles. The second-order valence-corrected chi connectivity index (χ2v) is 10.9. The molecule has 12 nitrogen and oxygen atoms in total. The third-order valence-corrected chi connectivity index (χ3v) is 7.77. The number of amides is 1. The van der Waals surface area contributed by atoms with Gasteiger partial charge in [-0.2, -0.15) is 0 Å². The zero-order valence-electron chi connectivity index (χ0n) is 24.7. The molecule has 0 aliphatic carbocycles. The highest BCUT2D eigenvalue weighted by molar-refractivity contribution is 5.88. The number of esters is 3. The van der Waals surface area contributed by atoms with Crippen LogP contribution in [-0.4, -0.2) is 116 Å². The lowest BCUT2D eigenvalue weighted by Gasteiger charge is -2.43. The quantitative estimate of drug-likeness (QED) is 0.280. The molecule has 12 heteroatoms. The summed E-state index contributed by atoms with van der Waals surface area (Å²) in [5.41, 5.74) is 1.09. The Balaban J connectivity index is 1.38. The Morgan fingerprint density at radius 2 is 1.74 bits per heavy atom. The molecule has 4 atom stereocenters. The molecule has 0 spiro atoms. The van der Waals surface area contributed by atoms with Gasteiger partial charge in [0.15, 0.2) is 0 Å². The van der Waals surface area contributed by atoms with Crippen LogP contribution >= 0.6 is 0 Å². The summed E-state index contributed by atoms with van der Waals surface area (Å²) in [5.74, 6) is -1.78. The van der Waals surface area contributed by atoms with Gasteiger partial charge >= 0.3 is 17.9 Å². The van der Waals surface area contributed by atoms with Crippen LogP contribution in [0.15, 0.2) is 30.3 Å². The fraction of sp³-hybridized carbons (Fsp3) is 0.667.